The summed E-state index contributed by atoms with van der Waals surface area (Å²) in [5.74, 6) is 1.38. The number of rotatable bonds is 4. The van der Waals surface area contributed by atoms with Crippen molar-refractivity contribution in [3.8, 4) is 11.5 Å². The largest absolute Gasteiger partial charge is 0.454 e. The number of aromatic nitrogens is 2. The summed E-state index contributed by atoms with van der Waals surface area (Å²) in [7, 11) is 0. The first-order valence-corrected chi connectivity index (χ1v) is 5.99. The van der Waals surface area contributed by atoms with Crippen molar-refractivity contribution >= 4 is 5.91 Å². The first-order chi connectivity index (χ1) is 9.33. The molecule has 2 heterocycles. The van der Waals surface area contributed by atoms with E-state index < -0.39 is 0 Å². The van der Waals surface area contributed by atoms with Gasteiger partial charge in [-0.05, 0) is 30.2 Å². The Bertz CT molecular complexity index is 581. The molecule has 6 nitrogen and oxygen atoms in total. The van der Waals surface area contributed by atoms with Gasteiger partial charge in [-0.2, -0.15) is 5.10 Å². The van der Waals surface area contributed by atoms with Crippen LogP contribution in [0.3, 0.4) is 0 Å². The fourth-order valence-corrected chi connectivity index (χ4v) is 1.89. The van der Waals surface area contributed by atoms with Crippen LogP contribution >= 0.6 is 0 Å². The van der Waals surface area contributed by atoms with Crippen molar-refractivity contribution in [1.82, 2.24) is 15.5 Å². The van der Waals surface area contributed by atoms with Crippen LogP contribution in [0.15, 0.2) is 30.5 Å². The Balaban J connectivity index is 1.54. The van der Waals surface area contributed by atoms with E-state index in [0.717, 1.165) is 23.5 Å². The number of carbonyl (C=O) groups is 1. The number of H-pyrrole nitrogens is 1. The summed E-state index contributed by atoms with van der Waals surface area (Å²) in [4.78, 5) is 11.7. The monoisotopic (exact) mass is 259 g/mol. The third-order valence-electron chi connectivity index (χ3n) is 2.88. The van der Waals surface area contributed by atoms with Crippen LogP contribution in [0.1, 0.15) is 16.1 Å². The fraction of sp³-hybridized carbons (Fsp3) is 0.231. The molecule has 0 atom stereocenters. The first-order valence-electron chi connectivity index (χ1n) is 5.99. The van der Waals surface area contributed by atoms with Crippen LogP contribution in [0.2, 0.25) is 0 Å². The van der Waals surface area contributed by atoms with Gasteiger partial charge >= 0.3 is 0 Å². The second kappa shape index (κ2) is 5.01. The number of fused-ring (bicyclic) bond motifs is 1. The smallest absolute Gasteiger partial charge is 0.269 e. The summed E-state index contributed by atoms with van der Waals surface area (Å²) in [6.07, 6.45) is 2.28. The van der Waals surface area contributed by atoms with Crippen molar-refractivity contribution in [3.05, 3.63) is 41.7 Å². The molecule has 19 heavy (non-hydrogen) atoms. The van der Waals surface area contributed by atoms with Gasteiger partial charge < -0.3 is 14.8 Å². The van der Waals surface area contributed by atoms with Gasteiger partial charge in [0, 0.05) is 12.7 Å². The zero-order valence-electron chi connectivity index (χ0n) is 10.2. The quantitative estimate of drug-likeness (QED) is 0.862. The highest BCUT2D eigenvalue weighted by Crippen LogP contribution is 2.32. The maximum atomic E-state index is 11.7. The maximum Gasteiger partial charge on any atom is 0.269 e. The average molecular weight is 259 g/mol. The van der Waals surface area contributed by atoms with Crippen molar-refractivity contribution < 1.29 is 14.3 Å². The second-order valence-corrected chi connectivity index (χ2v) is 4.16. The Kier molecular flexibility index (Phi) is 3.06. The molecule has 3 rings (SSSR count). The number of nitrogens with zero attached hydrogens (tertiary/aromatic N) is 1. The minimum Gasteiger partial charge on any atom is -0.454 e. The zero-order chi connectivity index (χ0) is 13.1. The number of benzene rings is 1. The van der Waals surface area contributed by atoms with Crippen molar-refractivity contribution in [2.24, 2.45) is 0 Å². The molecule has 1 aliphatic rings. The van der Waals surface area contributed by atoms with Crippen LogP contribution in [0.4, 0.5) is 0 Å². The summed E-state index contributed by atoms with van der Waals surface area (Å²) < 4.78 is 10.5. The lowest BCUT2D eigenvalue weighted by molar-refractivity contribution is 0.0949. The van der Waals surface area contributed by atoms with Crippen LogP contribution in [-0.2, 0) is 6.42 Å². The Morgan fingerprint density at radius 2 is 2.21 bits per heavy atom. The normalized spacial score (nSPS) is 12.4. The molecule has 0 fully saturated rings. The molecule has 0 unspecified atom stereocenters. The van der Waals surface area contributed by atoms with Crippen LogP contribution < -0.4 is 14.8 Å². The molecular weight excluding hydrogens is 246 g/mol. The third-order valence-corrected chi connectivity index (χ3v) is 2.88. The van der Waals surface area contributed by atoms with Crippen LogP contribution in [-0.4, -0.2) is 29.4 Å². The molecule has 0 spiro atoms. The minimum atomic E-state index is -0.154. The molecule has 6 heteroatoms. The van der Waals surface area contributed by atoms with E-state index in [0.29, 0.717) is 12.2 Å². The van der Waals surface area contributed by atoms with E-state index in [1.165, 1.54) is 0 Å². The molecule has 2 aromatic rings. The number of nitrogens with one attached hydrogen (secondary N) is 2. The van der Waals surface area contributed by atoms with E-state index in [4.69, 9.17) is 9.47 Å². The minimum absolute atomic E-state index is 0.154. The average Bonchev–Trinajstić information content (AvgIpc) is 3.09. The van der Waals surface area contributed by atoms with Crippen LogP contribution in [0.25, 0.3) is 0 Å². The molecule has 1 aromatic heterocycles. The topological polar surface area (TPSA) is 76.2 Å². The number of aromatic amines is 1. The molecule has 0 bridgehead atoms. The summed E-state index contributed by atoms with van der Waals surface area (Å²) in [5.41, 5.74) is 1.56. The Morgan fingerprint density at radius 1 is 1.32 bits per heavy atom. The number of hydrogen-bond donors (Lipinski definition) is 2. The van der Waals surface area contributed by atoms with Crippen LogP contribution in [0.5, 0.6) is 11.5 Å². The third kappa shape index (κ3) is 2.52. The molecule has 0 saturated carbocycles. The van der Waals surface area contributed by atoms with Gasteiger partial charge in [0.1, 0.15) is 5.69 Å². The Hall–Kier alpha value is -2.50. The molecule has 0 radical (unpaired) electrons. The predicted octanol–water partition coefficient (Wildman–Crippen LogP) is 1.11. The van der Waals surface area contributed by atoms with E-state index in [1.54, 1.807) is 12.3 Å². The lowest BCUT2D eigenvalue weighted by Gasteiger charge is -2.05. The summed E-state index contributed by atoms with van der Waals surface area (Å²) in [5, 5.41) is 9.17. The lowest BCUT2D eigenvalue weighted by Crippen LogP contribution is -2.25. The number of hydrogen-bond acceptors (Lipinski definition) is 4. The van der Waals surface area contributed by atoms with Gasteiger partial charge in [-0.15, -0.1) is 0 Å². The summed E-state index contributed by atoms with van der Waals surface area (Å²) >= 11 is 0. The second-order valence-electron chi connectivity index (χ2n) is 4.16. The summed E-state index contributed by atoms with van der Waals surface area (Å²) in [6, 6.07) is 7.42. The number of carbonyl (C=O) groups excluding carboxylic acids is 1. The van der Waals surface area contributed by atoms with Gasteiger partial charge in [0.2, 0.25) is 6.79 Å². The Morgan fingerprint density at radius 3 is 3.05 bits per heavy atom. The SMILES string of the molecule is O=C(NCCc1ccc2c(c1)OCO2)c1ccn[nH]1. The molecule has 1 amide bonds. The molecule has 1 aliphatic heterocycles. The van der Waals surface area contributed by atoms with Gasteiger partial charge in [-0.1, -0.05) is 6.07 Å². The fourth-order valence-electron chi connectivity index (χ4n) is 1.89. The number of amides is 1. The van der Waals surface area contributed by atoms with E-state index in [2.05, 4.69) is 15.5 Å². The van der Waals surface area contributed by atoms with Gasteiger partial charge in [0.15, 0.2) is 11.5 Å². The van der Waals surface area contributed by atoms with E-state index in [-0.39, 0.29) is 12.7 Å². The van der Waals surface area contributed by atoms with Gasteiger partial charge in [0.25, 0.3) is 5.91 Å². The lowest BCUT2D eigenvalue weighted by atomic mass is 10.1. The van der Waals surface area contributed by atoms with E-state index in [1.807, 2.05) is 18.2 Å². The molecular formula is C13H13N3O3. The highest BCUT2D eigenvalue weighted by atomic mass is 16.7. The van der Waals surface area contributed by atoms with Crippen molar-refractivity contribution in [1.29, 1.82) is 0 Å². The van der Waals surface area contributed by atoms with E-state index in [9.17, 15) is 4.79 Å². The van der Waals surface area contributed by atoms with E-state index >= 15 is 0 Å². The van der Waals surface area contributed by atoms with Crippen molar-refractivity contribution in [2.45, 2.75) is 6.42 Å². The van der Waals surface area contributed by atoms with Crippen molar-refractivity contribution in [3.63, 3.8) is 0 Å². The summed E-state index contributed by atoms with van der Waals surface area (Å²) in [6.45, 7) is 0.826. The van der Waals surface area contributed by atoms with Gasteiger partial charge in [-0.3, -0.25) is 9.89 Å². The molecule has 98 valence electrons. The highest BCUT2D eigenvalue weighted by molar-refractivity contribution is 5.92. The molecule has 0 aliphatic carbocycles. The van der Waals surface area contributed by atoms with Crippen molar-refractivity contribution in [2.75, 3.05) is 13.3 Å². The van der Waals surface area contributed by atoms with Gasteiger partial charge in [-0.25, -0.2) is 0 Å². The molecule has 1 aromatic carbocycles. The highest BCUT2D eigenvalue weighted by Gasteiger charge is 2.13. The van der Waals surface area contributed by atoms with Crippen LogP contribution in [0, 0.1) is 0 Å². The standard InChI is InChI=1S/C13H13N3O3/c17-13(10-4-6-15-16-10)14-5-3-9-1-2-11-12(7-9)19-8-18-11/h1-2,4,6-7H,3,5,8H2,(H,14,17)(H,15,16). The maximum absolute atomic E-state index is 11.7. The predicted molar refractivity (Wildman–Crippen MR) is 67.2 cm³/mol. The van der Waals surface area contributed by atoms with Gasteiger partial charge in [0.05, 0.1) is 0 Å². The number of ether oxygens (including phenoxy) is 2. The molecule has 2 N–H and O–H groups in total. The molecule has 0 saturated heterocycles. The Labute approximate surface area is 109 Å². The first kappa shape index (κ1) is 11.6. The zero-order valence-corrected chi connectivity index (χ0v) is 10.2.